The van der Waals surface area contributed by atoms with Crippen molar-refractivity contribution < 1.29 is 9.53 Å². The summed E-state index contributed by atoms with van der Waals surface area (Å²) < 4.78 is 5.34. The van der Waals surface area contributed by atoms with E-state index in [1.807, 2.05) is 51.2 Å². The first kappa shape index (κ1) is 23.1. The number of carbonyl (C=O) groups excluding carboxylic acids is 1. The molecule has 2 N–H and O–H groups in total. The first-order chi connectivity index (χ1) is 15.9. The van der Waals surface area contributed by atoms with Crippen LogP contribution in [0.5, 0.6) is 0 Å². The van der Waals surface area contributed by atoms with Crippen LogP contribution in [0.1, 0.15) is 38.3 Å². The molecule has 1 aromatic heterocycles. The zero-order valence-electron chi connectivity index (χ0n) is 19.8. The van der Waals surface area contributed by atoms with E-state index >= 15 is 0 Å². The van der Waals surface area contributed by atoms with E-state index in [1.165, 1.54) is 22.2 Å². The Morgan fingerprint density at radius 2 is 1.94 bits per heavy atom. The number of alkyl carbamates (subject to hydrolysis) is 1. The fraction of sp³-hybridized carbons (Fsp3) is 0.407. The lowest BCUT2D eigenvalue weighted by molar-refractivity contribution is 0.0509. The van der Waals surface area contributed by atoms with Gasteiger partial charge in [0.1, 0.15) is 5.60 Å². The van der Waals surface area contributed by atoms with Crippen LogP contribution < -0.4 is 15.5 Å². The van der Waals surface area contributed by atoms with Gasteiger partial charge in [0.2, 0.25) is 0 Å². The smallest absolute Gasteiger partial charge is 0.407 e. The molecule has 0 radical (unpaired) electrons. The number of benzene rings is 2. The number of rotatable bonds is 2. The summed E-state index contributed by atoms with van der Waals surface area (Å²) in [4.78, 5) is 18.4. The van der Waals surface area contributed by atoms with Crippen LogP contribution in [0.4, 0.5) is 10.5 Å². The molecule has 1 fully saturated rings. The SMILES string of the molecule is CC(C)(C)OC(=O)NC1CCN(c2ccc3c(c2)CCNC3)C1.c1ccc2ncccc2c1. The van der Waals surface area contributed by atoms with E-state index in [0.717, 1.165) is 44.5 Å². The molecule has 0 aliphatic carbocycles. The molecule has 1 saturated heterocycles. The Bertz CT molecular complexity index is 1030. The first-order valence-electron chi connectivity index (χ1n) is 11.7. The quantitative estimate of drug-likeness (QED) is 0.599. The van der Waals surface area contributed by atoms with Gasteiger partial charge < -0.3 is 20.3 Å². The number of carbonyl (C=O) groups is 1. The molecule has 2 aliphatic rings. The standard InChI is InChI=1S/C18H27N3O2.C9H7N/c1-18(2,3)23-17(22)20-15-7-9-21(12-15)16-5-4-14-11-19-8-6-13(14)10-16;1-2-6-9-8(4-1)5-3-7-10-9/h4-5,10,15,19H,6-9,11-12H2,1-3H3,(H,20,22);1-7H. The number of anilines is 1. The van der Waals surface area contributed by atoms with Gasteiger partial charge in [0.05, 0.1) is 11.6 Å². The summed E-state index contributed by atoms with van der Waals surface area (Å²) in [5.41, 5.74) is 4.73. The molecule has 5 rings (SSSR count). The zero-order valence-corrected chi connectivity index (χ0v) is 19.8. The third kappa shape index (κ3) is 6.45. The highest BCUT2D eigenvalue weighted by Crippen LogP contribution is 2.25. The number of hydrogen-bond donors (Lipinski definition) is 2. The van der Waals surface area contributed by atoms with Crippen molar-refractivity contribution in [2.75, 3.05) is 24.5 Å². The van der Waals surface area contributed by atoms with Crippen molar-refractivity contribution in [1.82, 2.24) is 15.6 Å². The molecule has 33 heavy (non-hydrogen) atoms. The highest BCUT2D eigenvalue weighted by Gasteiger charge is 2.26. The maximum atomic E-state index is 11.9. The molecule has 1 atom stereocenters. The lowest BCUT2D eigenvalue weighted by atomic mass is 10.0. The van der Waals surface area contributed by atoms with Crippen molar-refractivity contribution in [2.45, 2.75) is 51.8 Å². The Morgan fingerprint density at radius 3 is 2.76 bits per heavy atom. The van der Waals surface area contributed by atoms with Crippen molar-refractivity contribution in [3.63, 3.8) is 0 Å². The van der Waals surface area contributed by atoms with Gasteiger partial charge in [-0.2, -0.15) is 0 Å². The molecule has 3 heterocycles. The summed E-state index contributed by atoms with van der Waals surface area (Å²) in [5.74, 6) is 0. The van der Waals surface area contributed by atoms with E-state index in [0.29, 0.717) is 0 Å². The predicted octanol–water partition coefficient (Wildman–Crippen LogP) is 4.67. The second kappa shape index (κ2) is 10.2. The topological polar surface area (TPSA) is 66.5 Å². The van der Waals surface area contributed by atoms with Gasteiger partial charge in [0, 0.05) is 36.9 Å². The Balaban J connectivity index is 0.000000214. The molecule has 1 amide bonds. The van der Waals surface area contributed by atoms with Gasteiger partial charge in [-0.3, -0.25) is 4.98 Å². The predicted molar refractivity (Wildman–Crippen MR) is 134 cm³/mol. The monoisotopic (exact) mass is 446 g/mol. The second-order valence-corrected chi connectivity index (χ2v) is 9.65. The summed E-state index contributed by atoms with van der Waals surface area (Å²) >= 11 is 0. The minimum Gasteiger partial charge on any atom is -0.444 e. The normalized spacial score (nSPS) is 17.7. The molecule has 174 valence electrons. The minimum absolute atomic E-state index is 0.155. The molecule has 6 heteroatoms. The number of nitrogens with zero attached hydrogens (tertiary/aromatic N) is 2. The summed E-state index contributed by atoms with van der Waals surface area (Å²) in [6.07, 6.45) is 3.54. The largest absolute Gasteiger partial charge is 0.444 e. The number of nitrogens with one attached hydrogen (secondary N) is 2. The third-order valence-electron chi connectivity index (χ3n) is 5.86. The average molecular weight is 447 g/mol. The average Bonchev–Trinajstić information content (AvgIpc) is 3.26. The Labute approximate surface area is 196 Å². The zero-order chi connectivity index (χ0) is 23.3. The van der Waals surface area contributed by atoms with Crippen molar-refractivity contribution in [1.29, 1.82) is 0 Å². The van der Waals surface area contributed by atoms with Gasteiger partial charge in [-0.15, -0.1) is 0 Å². The number of fused-ring (bicyclic) bond motifs is 2. The van der Waals surface area contributed by atoms with E-state index in [1.54, 1.807) is 0 Å². The van der Waals surface area contributed by atoms with Crippen LogP contribution in [0.3, 0.4) is 0 Å². The van der Waals surface area contributed by atoms with E-state index in [2.05, 4.69) is 50.8 Å². The molecule has 1 unspecified atom stereocenters. The van der Waals surface area contributed by atoms with Gasteiger partial charge >= 0.3 is 6.09 Å². The van der Waals surface area contributed by atoms with Crippen LogP contribution in [-0.4, -0.2) is 42.4 Å². The minimum atomic E-state index is -0.450. The third-order valence-corrected chi connectivity index (χ3v) is 5.86. The molecule has 2 aliphatic heterocycles. The van der Waals surface area contributed by atoms with Crippen molar-refractivity contribution in [3.05, 3.63) is 71.9 Å². The summed E-state index contributed by atoms with van der Waals surface area (Å²) in [7, 11) is 0. The Hall–Kier alpha value is -3.12. The van der Waals surface area contributed by atoms with Crippen LogP contribution in [0, 0.1) is 0 Å². The van der Waals surface area contributed by atoms with Crippen molar-refractivity contribution in [2.24, 2.45) is 0 Å². The molecule has 3 aromatic rings. The van der Waals surface area contributed by atoms with Gasteiger partial charge in [-0.1, -0.05) is 30.3 Å². The number of hydrogen-bond acceptors (Lipinski definition) is 5. The lowest BCUT2D eigenvalue weighted by Gasteiger charge is -2.24. The van der Waals surface area contributed by atoms with E-state index in [9.17, 15) is 4.79 Å². The van der Waals surface area contributed by atoms with Crippen LogP contribution in [-0.2, 0) is 17.7 Å². The Kier molecular flexibility index (Phi) is 7.14. The number of amides is 1. The van der Waals surface area contributed by atoms with Crippen molar-refractivity contribution >= 4 is 22.7 Å². The highest BCUT2D eigenvalue weighted by atomic mass is 16.6. The van der Waals surface area contributed by atoms with Crippen molar-refractivity contribution in [3.8, 4) is 0 Å². The van der Waals surface area contributed by atoms with Gasteiger partial charge in [-0.05, 0) is 75.5 Å². The second-order valence-electron chi connectivity index (χ2n) is 9.65. The summed E-state index contributed by atoms with van der Waals surface area (Å²) in [6, 6.07) is 19.0. The number of ether oxygens (including phenoxy) is 1. The first-order valence-corrected chi connectivity index (χ1v) is 11.7. The summed E-state index contributed by atoms with van der Waals surface area (Å²) in [5, 5.41) is 7.59. The molecular formula is C27H34N4O2. The number of pyridine rings is 1. The number of aromatic nitrogens is 1. The van der Waals surface area contributed by atoms with Gasteiger partial charge in [0.15, 0.2) is 0 Å². The fourth-order valence-electron chi connectivity index (χ4n) is 4.26. The van der Waals surface area contributed by atoms with Gasteiger partial charge in [-0.25, -0.2) is 4.79 Å². The van der Waals surface area contributed by atoms with Crippen LogP contribution in [0.2, 0.25) is 0 Å². The van der Waals surface area contributed by atoms with E-state index < -0.39 is 5.60 Å². The van der Waals surface area contributed by atoms with E-state index in [-0.39, 0.29) is 12.1 Å². The molecular weight excluding hydrogens is 412 g/mol. The van der Waals surface area contributed by atoms with Crippen LogP contribution >= 0.6 is 0 Å². The molecule has 0 spiro atoms. The lowest BCUT2D eigenvalue weighted by Crippen LogP contribution is -2.40. The molecule has 0 saturated carbocycles. The van der Waals surface area contributed by atoms with Crippen LogP contribution in [0.15, 0.2) is 60.8 Å². The molecule has 2 aromatic carbocycles. The summed E-state index contributed by atoms with van der Waals surface area (Å²) in [6.45, 7) is 9.49. The van der Waals surface area contributed by atoms with Gasteiger partial charge in [0.25, 0.3) is 0 Å². The number of para-hydroxylation sites is 1. The molecule has 0 bridgehead atoms. The maximum Gasteiger partial charge on any atom is 0.407 e. The van der Waals surface area contributed by atoms with Crippen LogP contribution in [0.25, 0.3) is 10.9 Å². The maximum absolute atomic E-state index is 11.9. The fourth-order valence-corrected chi connectivity index (χ4v) is 4.26. The van der Waals surface area contributed by atoms with E-state index in [4.69, 9.17) is 4.74 Å². The highest BCUT2D eigenvalue weighted by molar-refractivity contribution is 5.77. The Morgan fingerprint density at radius 1 is 1.12 bits per heavy atom. The molecule has 6 nitrogen and oxygen atoms in total.